The third-order valence-electron chi connectivity index (χ3n) is 3.39. The van der Waals surface area contributed by atoms with Gasteiger partial charge in [0.15, 0.2) is 5.52 Å². The summed E-state index contributed by atoms with van der Waals surface area (Å²) in [4.78, 5) is 12.6. The molecule has 0 saturated heterocycles. The zero-order valence-corrected chi connectivity index (χ0v) is 14.9. The summed E-state index contributed by atoms with van der Waals surface area (Å²) in [7, 11) is 0.143. The van der Waals surface area contributed by atoms with Crippen LogP contribution in [-0.4, -0.2) is 11.6 Å². The van der Waals surface area contributed by atoms with Gasteiger partial charge in [-0.25, -0.2) is 0 Å². The first-order valence-electron chi connectivity index (χ1n) is 7.52. The lowest BCUT2D eigenvalue weighted by Crippen LogP contribution is -2.07. The highest BCUT2D eigenvalue weighted by Crippen LogP contribution is 2.26. The lowest BCUT2D eigenvalue weighted by atomic mass is 10.0. The minimum atomic E-state index is 0.143. The molecule has 0 bridgehead atoms. The molecule has 0 aliphatic rings. The number of aryl methyl sites for hydroxylation is 3. The van der Waals surface area contributed by atoms with E-state index in [1.165, 1.54) is 5.56 Å². The van der Waals surface area contributed by atoms with E-state index in [2.05, 4.69) is 19.1 Å². The highest BCUT2D eigenvalue weighted by molar-refractivity contribution is 7.66. The minimum absolute atomic E-state index is 0.143. The van der Waals surface area contributed by atoms with Gasteiger partial charge in [-0.2, -0.15) is 0 Å². The molecule has 0 N–H and O–H groups in total. The van der Waals surface area contributed by atoms with Gasteiger partial charge >= 0.3 is 0 Å². The van der Waals surface area contributed by atoms with Crippen LogP contribution >= 0.6 is 8.58 Å². The van der Waals surface area contributed by atoms with Gasteiger partial charge in [-0.15, -0.1) is 0 Å². The molecular weight excluding hydrogens is 291 g/mol. The van der Waals surface area contributed by atoms with Gasteiger partial charge in [0.25, 0.3) is 0 Å². The third kappa shape index (κ3) is 4.18. The van der Waals surface area contributed by atoms with Crippen LogP contribution in [0.5, 0.6) is 5.75 Å². The maximum atomic E-state index is 12.6. The van der Waals surface area contributed by atoms with Crippen LogP contribution in [0, 0.1) is 20.8 Å². The van der Waals surface area contributed by atoms with Gasteiger partial charge in [0.1, 0.15) is 5.75 Å². The molecule has 0 aliphatic heterocycles. The fraction of sp³-hybridized carbons (Fsp3) is 0.316. The van der Waals surface area contributed by atoms with E-state index in [9.17, 15) is 4.79 Å². The molecule has 1 unspecified atom stereocenters. The van der Waals surface area contributed by atoms with Crippen molar-refractivity contribution in [1.82, 2.24) is 0 Å². The topological polar surface area (TPSA) is 26.3 Å². The molecule has 2 aromatic carbocycles. The van der Waals surface area contributed by atoms with Gasteiger partial charge in [-0.05, 0) is 71.8 Å². The van der Waals surface area contributed by atoms with Gasteiger partial charge in [0.05, 0.1) is 6.10 Å². The molecule has 2 nitrogen and oxygen atoms in total. The number of carbonyl (C=O) groups excluding carboxylic acids is 1. The molecule has 0 aromatic heterocycles. The molecule has 0 aliphatic carbocycles. The van der Waals surface area contributed by atoms with Crippen LogP contribution in [0.1, 0.15) is 40.9 Å². The molecule has 116 valence electrons. The molecule has 0 fully saturated rings. The van der Waals surface area contributed by atoms with Crippen molar-refractivity contribution < 1.29 is 9.53 Å². The summed E-state index contributed by atoms with van der Waals surface area (Å²) in [6.07, 6.45) is 0.160. The molecule has 2 aromatic rings. The Balaban J connectivity index is 2.15. The van der Waals surface area contributed by atoms with E-state index in [4.69, 9.17) is 4.74 Å². The summed E-state index contributed by atoms with van der Waals surface area (Å²) in [5.41, 5.74) is 4.40. The monoisotopic (exact) mass is 314 g/mol. The van der Waals surface area contributed by atoms with Crippen LogP contribution in [0.3, 0.4) is 0 Å². The summed E-state index contributed by atoms with van der Waals surface area (Å²) in [5.74, 6) is 0.846. The second-order valence-electron chi connectivity index (χ2n) is 5.92. The van der Waals surface area contributed by atoms with Crippen LogP contribution in [0.4, 0.5) is 0 Å². The first kappa shape index (κ1) is 16.7. The van der Waals surface area contributed by atoms with Gasteiger partial charge in [0.2, 0.25) is 0 Å². The first-order chi connectivity index (χ1) is 10.4. The Bertz CT molecular complexity index is 649. The van der Waals surface area contributed by atoms with E-state index in [-0.39, 0.29) is 20.2 Å². The fourth-order valence-corrected chi connectivity index (χ4v) is 3.74. The normalized spacial score (nSPS) is 11.4. The van der Waals surface area contributed by atoms with Crippen molar-refractivity contribution in [1.29, 1.82) is 0 Å². The minimum Gasteiger partial charge on any atom is -0.491 e. The third-order valence-corrected chi connectivity index (χ3v) is 4.49. The summed E-state index contributed by atoms with van der Waals surface area (Å²) >= 11 is 0. The Labute approximate surface area is 134 Å². The molecule has 0 saturated carbocycles. The predicted molar refractivity (Wildman–Crippen MR) is 95.1 cm³/mol. The molecule has 22 heavy (non-hydrogen) atoms. The van der Waals surface area contributed by atoms with Crippen LogP contribution < -0.4 is 10.0 Å². The number of rotatable bonds is 5. The van der Waals surface area contributed by atoms with E-state index < -0.39 is 0 Å². The Morgan fingerprint density at radius 3 is 2.05 bits per heavy atom. The molecule has 1 atom stereocenters. The highest BCUT2D eigenvalue weighted by atomic mass is 31.1. The summed E-state index contributed by atoms with van der Waals surface area (Å²) < 4.78 is 5.63. The maximum absolute atomic E-state index is 12.6. The maximum Gasteiger partial charge on any atom is 0.186 e. The molecular formula is C19H23O2P. The van der Waals surface area contributed by atoms with Crippen molar-refractivity contribution in [2.24, 2.45) is 0 Å². The number of ether oxygens (including phenoxy) is 1. The lowest BCUT2D eigenvalue weighted by Gasteiger charge is -2.12. The average molecular weight is 314 g/mol. The first-order valence-corrected chi connectivity index (χ1v) is 8.52. The standard InChI is InChI=1S/C19H23O2P/c1-12(2)21-16-6-8-17(9-7-16)22-19(20)18-14(4)10-13(3)11-15(18)5/h6-12,22H,1-5H3. The van der Waals surface area contributed by atoms with Gasteiger partial charge in [0, 0.05) is 5.56 Å². The van der Waals surface area contributed by atoms with E-state index in [0.717, 1.165) is 27.7 Å². The predicted octanol–water partition coefficient (Wildman–Crippen LogP) is 4.54. The molecule has 0 spiro atoms. The summed E-state index contributed by atoms with van der Waals surface area (Å²) in [6, 6.07) is 12.0. The van der Waals surface area contributed by atoms with Crippen molar-refractivity contribution in [3.05, 3.63) is 58.7 Å². The largest absolute Gasteiger partial charge is 0.491 e. The highest BCUT2D eigenvalue weighted by Gasteiger charge is 2.13. The summed E-state index contributed by atoms with van der Waals surface area (Å²) in [5, 5.41) is 1.04. The van der Waals surface area contributed by atoms with Crippen LogP contribution in [0.2, 0.25) is 0 Å². The van der Waals surface area contributed by atoms with Crippen molar-refractivity contribution in [3.63, 3.8) is 0 Å². The molecule has 0 amide bonds. The van der Waals surface area contributed by atoms with E-state index in [0.29, 0.717) is 0 Å². The Kier molecular flexibility index (Phi) is 5.37. The van der Waals surface area contributed by atoms with Crippen molar-refractivity contribution in [2.75, 3.05) is 0 Å². The average Bonchev–Trinajstić information content (AvgIpc) is 2.39. The zero-order chi connectivity index (χ0) is 16.3. The molecule has 3 heteroatoms. The second-order valence-corrected chi connectivity index (χ2v) is 7.20. The number of hydrogen-bond donors (Lipinski definition) is 0. The van der Waals surface area contributed by atoms with E-state index in [1.54, 1.807) is 0 Å². The van der Waals surface area contributed by atoms with Crippen LogP contribution in [0.25, 0.3) is 0 Å². The SMILES string of the molecule is Cc1cc(C)c(C(=O)Pc2ccc(OC(C)C)cc2)c(C)c1. The smallest absolute Gasteiger partial charge is 0.186 e. The second kappa shape index (κ2) is 7.07. The zero-order valence-electron chi connectivity index (χ0n) is 13.9. The fourth-order valence-electron chi connectivity index (χ4n) is 2.62. The number of carbonyl (C=O) groups is 1. The van der Waals surface area contributed by atoms with Crippen molar-refractivity contribution in [2.45, 2.75) is 40.7 Å². The Morgan fingerprint density at radius 1 is 1.00 bits per heavy atom. The van der Waals surface area contributed by atoms with Gasteiger partial charge in [-0.3, -0.25) is 4.79 Å². The number of benzene rings is 2. The van der Waals surface area contributed by atoms with Gasteiger partial charge in [-0.1, -0.05) is 29.8 Å². The van der Waals surface area contributed by atoms with E-state index in [1.807, 2.05) is 52.0 Å². The van der Waals surface area contributed by atoms with Crippen LogP contribution in [0.15, 0.2) is 36.4 Å². The van der Waals surface area contributed by atoms with Gasteiger partial charge < -0.3 is 4.74 Å². The molecule has 0 heterocycles. The Morgan fingerprint density at radius 2 is 1.55 bits per heavy atom. The molecule has 2 rings (SSSR count). The van der Waals surface area contributed by atoms with Crippen LogP contribution in [-0.2, 0) is 0 Å². The lowest BCUT2D eigenvalue weighted by molar-refractivity contribution is 0.108. The van der Waals surface area contributed by atoms with E-state index >= 15 is 0 Å². The quantitative estimate of drug-likeness (QED) is 0.757. The molecule has 0 radical (unpaired) electrons. The van der Waals surface area contributed by atoms with Crippen molar-refractivity contribution in [3.8, 4) is 5.75 Å². The number of hydrogen-bond acceptors (Lipinski definition) is 2. The Hall–Kier alpha value is -1.66. The summed E-state index contributed by atoms with van der Waals surface area (Å²) in [6.45, 7) is 10.1. The van der Waals surface area contributed by atoms with Crippen molar-refractivity contribution >= 4 is 19.4 Å².